The fourth-order valence-corrected chi connectivity index (χ4v) is 2.89. The van der Waals surface area contributed by atoms with Gasteiger partial charge in [-0.15, -0.1) is 0 Å². The summed E-state index contributed by atoms with van der Waals surface area (Å²) in [5, 5.41) is 13.8. The average Bonchev–Trinajstić information content (AvgIpc) is 2.58. The molecule has 1 N–H and O–H groups in total. The van der Waals surface area contributed by atoms with E-state index in [9.17, 15) is 23.3 Å². The maximum absolute atomic E-state index is 14.2. The first-order chi connectivity index (χ1) is 12.8. The second-order valence-corrected chi connectivity index (χ2v) is 6.05. The lowest BCUT2D eigenvalue weighted by molar-refractivity contribution is -0.384. The molecule has 0 spiro atoms. The van der Waals surface area contributed by atoms with Crippen molar-refractivity contribution in [3.8, 4) is 11.1 Å². The lowest BCUT2D eigenvalue weighted by Gasteiger charge is -2.15. The van der Waals surface area contributed by atoms with Gasteiger partial charge in [0.05, 0.1) is 16.0 Å². The van der Waals surface area contributed by atoms with Crippen molar-refractivity contribution < 1.29 is 18.1 Å². The van der Waals surface area contributed by atoms with Crippen LogP contribution in [0.5, 0.6) is 0 Å². The van der Waals surface area contributed by atoms with Crippen molar-refractivity contribution in [2.45, 2.75) is 6.92 Å². The predicted molar refractivity (Wildman–Crippen MR) is 95.7 cm³/mol. The van der Waals surface area contributed by atoms with Crippen LogP contribution < -0.4 is 5.32 Å². The number of rotatable bonds is 4. The number of hydrogen-bond acceptors (Lipinski definition) is 4. The Morgan fingerprint density at radius 3 is 2.52 bits per heavy atom. The van der Waals surface area contributed by atoms with Crippen molar-refractivity contribution in [2.24, 2.45) is 0 Å². The van der Waals surface area contributed by atoms with Gasteiger partial charge in [-0.05, 0) is 36.8 Å². The van der Waals surface area contributed by atoms with Crippen LogP contribution in [0.25, 0.3) is 11.1 Å². The SMILES string of the molecule is Cc1ccnc(Nc2c(F)cc(F)cc2[N+](=O)[O-])c1-c1ccc(F)cc1Cl. The van der Waals surface area contributed by atoms with Gasteiger partial charge < -0.3 is 5.32 Å². The van der Waals surface area contributed by atoms with Crippen molar-refractivity contribution in [1.29, 1.82) is 0 Å². The second kappa shape index (κ2) is 7.24. The summed E-state index contributed by atoms with van der Waals surface area (Å²) >= 11 is 6.12. The maximum atomic E-state index is 14.2. The number of aryl methyl sites for hydroxylation is 1. The van der Waals surface area contributed by atoms with E-state index in [4.69, 9.17) is 11.6 Å². The third kappa shape index (κ3) is 3.70. The Morgan fingerprint density at radius 2 is 1.85 bits per heavy atom. The summed E-state index contributed by atoms with van der Waals surface area (Å²) in [5.41, 5.74) is 0.133. The Bertz CT molecular complexity index is 1060. The summed E-state index contributed by atoms with van der Waals surface area (Å²) in [7, 11) is 0. The lowest BCUT2D eigenvalue weighted by Crippen LogP contribution is -2.04. The molecule has 0 aliphatic carbocycles. The Kier molecular flexibility index (Phi) is 5.00. The van der Waals surface area contributed by atoms with Crippen LogP contribution in [0.1, 0.15) is 5.56 Å². The van der Waals surface area contributed by atoms with E-state index in [-0.39, 0.29) is 10.8 Å². The maximum Gasteiger partial charge on any atom is 0.298 e. The highest BCUT2D eigenvalue weighted by atomic mass is 35.5. The Balaban J connectivity index is 2.18. The molecule has 0 aliphatic rings. The number of pyridine rings is 1. The average molecular weight is 394 g/mol. The van der Waals surface area contributed by atoms with Gasteiger partial charge in [0.25, 0.3) is 5.69 Å². The first kappa shape index (κ1) is 18.7. The van der Waals surface area contributed by atoms with Crippen LogP contribution >= 0.6 is 11.6 Å². The molecular weight excluding hydrogens is 383 g/mol. The number of hydrogen-bond donors (Lipinski definition) is 1. The van der Waals surface area contributed by atoms with Crippen LogP contribution in [-0.2, 0) is 0 Å². The number of halogens is 4. The highest BCUT2D eigenvalue weighted by Crippen LogP contribution is 2.38. The quantitative estimate of drug-likeness (QED) is 0.450. The van der Waals surface area contributed by atoms with E-state index in [0.29, 0.717) is 28.8 Å². The van der Waals surface area contributed by atoms with Crippen LogP contribution in [-0.4, -0.2) is 9.91 Å². The fraction of sp³-hybridized carbons (Fsp3) is 0.0556. The summed E-state index contributed by atoms with van der Waals surface area (Å²) in [6.45, 7) is 1.72. The second-order valence-electron chi connectivity index (χ2n) is 5.64. The minimum absolute atomic E-state index is 0.0529. The zero-order valence-corrected chi connectivity index (χ0v) is 14.5. The Labute approximate surface area is 156 Å². The van der Waals surface area contributed by atoms with E-state index in [1.807, 2.05) is 0 Å². The monoisotopic (exact) mass is 393 g/mol. The van der Waals surface area contributed by atoms with Crippen molar-refractivity contribution in [1.82, 2.24) is 4.98 Å². The van der Waals surface area contributed by atoms with Gasteiger partial charge in [-0.1, -0.05) is 11.6 Å². The highest BCUT2D eigenvalue weighted by Gasteiger charge is 2.23. The molecule has 0 unspecified atom stereocenters. The minimum atomic E-state index is -1.15. The van der Waals surface area contributed by atoms with Gasteiger partial charge in [0.2, 0.25) is 0 Å². The smallest absolute Gasteiger partial charge is 0.298 e. The van der Waals surface area contributed by atoms with Gasteiger partial charge in [-0.2, -0.15) is 0 Å². The third-order valence-electron chi connectivity index (χ3n) is 3.83. The minimum Gasteiger partial charge on any atom is -0.332 e. The summed E-state index contributed by atoms with van der Waals surface area (Å²) in [5.74, 6) is -2.72. The van der Waals surface area contributed by atoms with Crippen LogP contribution in [0.2, 0.25) is 5.02 Å². The van der Waals surface area contributed by atoms with E-state index in [2.05, 4.69) is 10.3 Å². The van der Waals surface area contributed by atoms with E-state index >= 15 is 0 Å². The number of aromatic nitrogens is 1. The molecule has 3 rings (SSSR count). The molecule has 2 aromatic carbocycles. The van der Waals surface area contributed by atoms with E-state index in [1.54, 1.807) is 13.0 Å². The zero-order chi connectivity index (χ0) is 19.7. The van der Waals surface area contributed by atoms with Crippen molar-refractivity contribution in [3.05, 3.63) is 80.7 Å². The first-order valence-corrected chi connectivity index (χ1v) is 7.97. The van der Waals surface area contributed by atoms with Gasteiger partial charge in [0.1, 0.15) is 17.5 Å². The van der Waals surface area contributed by atoms with E-state index < -0.39 is 33.7 Å². The molecule has 0 saturated heterocycles. The summed E-state index contributed by atoms with van der Waals surface area (Å²) in [4.78, 5) is 14.4. The molecular formula is C18H11ClF3N3O2. The van der Waals surface area contributed by atoms with Gasteiger partial charge in [-0.3, -0.25) is 10.1 Å². The topological polar surface area (TPSA) is 68.1 Å². The molecule has 0 aliphatic heterocycles. The van der Waals surface area contributed by atoms with Crippen LogP contribution in [0, 0.1) is 34.5 Å². The summed E-state index contributed by atoms with van der Waals surface area (Å²) in [6.07, 6.45) is 1.41. The van der Waals surface area contributed by atoms with Gasteiger partial charge >= 0.3 is 0 Å². The summed E-state index contributed by atoms with van der Waals surface area (Å²) < 4.78 is 40.9. The standard InChI is InChI=1S/C18H11ClF3N3O2/c1-9-4-5-23-18(16(9)12-3-2-10(20)6-13(12)19)24-17-14(22)7-11(21)8-15(17)25(26)27/h2-8H,1H3,(H,23,24). The van der Waals surface area contributed by atoms with E-state index in [0.717, 1.165) is 6.07 Å². The Hall–Kier alpha value is -3.13. The number of nitro benzene ring substituents is 1. The Morgan fingerprint density at radius 1 is 1.11 bits per heavy atom. The molecule has 3 aromatic rings. The van der Waals surface area contributed by atoms with Gasteiger partial charge in [0.15, 0.2) is 11.5 Å². The summed E-state index contributed by atoms with van der Waals surface area (Å²) in [6, 6.07) is 6.49. The normalized spacial score (nSPS) is 10.7. The number of anilines is 2. The van der Waals surface area contributed by atoms with E-state index in [1.165, 1.54) is 18.3 Å². The molecule has 0 amide bonds. The van der Waals surface area contributed by atoms with Crippen molar-refractivity contribution in [3.63, 3.8) is 0 Å². The number of benzene rings is 2. The van der Waals surface area contributed by atoms with Crippen LogP contribution in [0.15, 0.2) is 42.6 Å². The molecule has 27 heavy (non-hydrogen) atoms. The molecule has 0 fully saturated rings. The zero-order valence-electron chi connectivity index (χ0n) is 13.8. The predicted octanol–water partition coefficient (Wildman–Crippen LogP) is 5.78. The molecule has 5 nitrogen and oxygen atoms in total. The third-order valence-corrected chi connectivity index (χ3v) is 4.15. The lowest BCUT2D eigenvalue weighted by atomic mass is 10.0. The van der Waals surface area contributed by atoms with Crippen molar-refractivity contribution >= 4 is 28.8 Å². The molecule has 0 atom stereocenters. The molecule has 138 valence electrons. The highest BCUT2D eigenvalue weighted by molar-refractivity contribution is 6.33. The molecule has 0 bridgehead atoms. The van der Waals surface area contributed by atoms with Gasteiger partial charge in [0, 0.05) is 23.4 Å². The molecule has 0 radical (unpaired) electrons. The molecule has 0 saturated carbocycles. The van der Waals surface area contributed by atoms with Crippen LogP contribution in [0.4, 0.5) is 30.4 Å². The molecule has 1 aromatic heterocycles. The van der Waals surface area contributed by atoms with Gasteiger partial charge in [-0.25, -0.2) is 18.2 Å². The number of nitrogens with one attached hydrogen (secondary N) is 1. The van der Waals surface area contributed by atoms with Crippen LogP contribution in [0.3, 0.4) is 0 Å². The van der Waals surface area contributed by atoms with Crippen molar-refractivity contribution in [2.75, 3.05) is 5.32 Å². The fourth-order valence-electron chi connectivity index (χ4n) is 2.63. The number of nitro groups is 1. The molecule has 1 heterocycles. The largest absolute Gasteiger partial charge is 0.332 e. The number of nitrogens with zero attached hydrogens (tertiary/aromatic N) is 2. The molecule has 9 heteroatoms. The first-order valence-electron chi connectivity index (χ1n) is 7.59.